The van der Waals surface area contributed by atoms with E-state index in [2.05, 4.69) is 0 Å². The van der Waals surface area contributed by atoms with Crippen molar-refractivity contribution < 1.29 is 9.59 Å². The maximum atomic E-state index is 12.0. The van der Waals surface area contributed by atoms with Crippen LogP contribution in [-0.4, -0.2) is 11.6 Å². The highest BCUT2D eigenvalue weighted by Crippen LogP contribution is 2.12. The molecule has 0 heterocycles. The summed E-state index contributed by atoms with van der Waals surface area (Å²) in [5.74, 6) is -0.565. The summed E-state index contributed by atoms with van der Waals surface area (Å²) >= 11 is 0. The standard InChI is InChI=1S/C16H11NO2/c17-11-13-8-4-5-9-14(13)16(19)10-15(18)12-6-2-1-3-7-12/h1-9H,10H2. The molecule has 0 fully saturated rings. The van der Waals surface area contributed by atoms with Crippen molar-refractivity contribution in [2.45, 2.75) is 6.42 Å². The van der Waals surface area contributed by atoms with Crippen molar-refractivity contribution in [3.8, 4) is 6.07 Å². The van der Waals surface area contributed by atoms with Crippen LogP contribution in [0.4, 0.5) is 0 Å². The molecule has 0 N–H and O–H groups in total. The second kappa shape index (κ2) is 5.74. The second-order valence-electron chi connectivity index (χ2n) is 4.05. The van der Waals surface area contributed by atoms with Gasteiger partial charge in [0.25, 0.3) is 0 Å². The van der Waals surface area contributed by atoms with Crippen molar-refractivity contribution in [3.05, 3.63) is 71.3 Å². The Hall–Kier alpha value is -2.73. The van der Waals surface area contributed by atoms with Gasteiger partial charge in [0.15, 0.2) is 11.6 Å². The van der Waals surface area contributed by atoms with E-state index < -0.39 is 0 Å². The van der Waals surface area contributed by atoms with Crippen molar-refractivity contribution in [2.75, 3.05) is 0 Å². The molecule has 0 bridgehead atoms. The fourth-order valence-corrected chi connectivity index (χ4v) is 1.79. The summed E-state index contributed by atoms with van der Waals surface area (Å²) in [6, 6.07) is 17.1. The number of hydrogen-bond donors (Lipinski definition) is 0. The summed E-state index contributed by atoms with van der Waals surface area (Å²) < 4.78 is 0. The lowest BCUT2D eigenvalue weighted by Gasteiger charge is -2.03. The summed E-state index contributed by atoms with van der Waals surface area (Å²) in [6.07, 6.45) is -0.220. The van der Waals surface area contributed by atoms with Crippen molar-refractivity contribution in [2.24, 2.45) is 0 Å². The quantitative estimate of drug-likeness (QED) is 0.618. The first-order valence-electron chi connectivity index (χ1n) is 5.83. The van der Waals surface area contributed by atoms with Crippen LogP contribution in [0.15, 0.2) is 54.6 Å². The van der Waals surface area contributed by atoms with Gasteiger partial charge in [-0.15, -0.1) is 0 Å². The highest BCUT2D eigenvalue weighted by atomic mass is 16.1. The predicted molar refractivity (Wildman–Crippen MR) is 70.9 cm³/mol. The van der Waals surface area contributed by atoms with Crippen molar-refractivity contribution in [1.29, 1.82) is 5.26 Å². The molecule has 0 unspecified atom stereocenters. The van der Waals surface area contributed by atoms with Crippen LogP contribution in [0.25, 0.3) is 0 Å². The number of rotatable bonds is 4. The van der Waals surface area contributed by atoms with E-state index in [1.54, 1.807) is 48.5 Å². The Balaban J connectivity index is 2.19. The number of ketones is 2. The van der Waals surface area contributed by atoms with E-state index in [9.17, 15) is 9.59 Å². The molecule has 2 rings (SSSR count). The molecule has 92 valence electrons. The van der Waals surface area contributed by atoms with Crippen molar-refractivity contribution >= 4 is 11.6 Å². The van der Waals surface area contributed by atoms with Gasteiger partial charge < -0.3 is 0 Å². The van der Waals surface area contributed by atoms with Gasteiger partial charge in [0, 0.05) is 11.1 Å². The van der Waals surface area contributed by atoms with Gasteiger partial charge in [0.05, 0.1) is 18.1 Å². The highest BCUT2D eigenvalue weighted by Gasteiger charge is 2.15. The number of carbonyl (C=O) groups excluding carboxylic acids is 2. The van der Waals surface area contributed by atoms with Gasteiger partial charge in [-0.3, -0.25) is 9.59 Å². The number of hydrogen-bond acceptors (Lipinski definition) is 3. The van der Waals surface area contributed by atoms with Gasteiger partial charge in [-0.1, -0.05) is 48.5 Å². The van der Waals surface area contributed by atoms with E-state index in [1.165, 1.54) is 0 Å². The van der Waals surface area contributed by atoms with E-state index in [4.69, 9.17) is 5.26 Å². The minimum atomic E-state index is -0.328. The Kier molecular flexibility index (Phi) is 3.84. The number of nitriles is 1. The second-order valence-corrected chi connectivity index (χ2v) is 4.05. The van der Waals surface area contributed by atoms with Crippen LogP contribution < -0.4 is 0 Å². The molecule has 0 spiro atoms. The van der Waals surface area contributed by atoms with Crippen molar-refractivity contribution in [3.63, 3.8) is 0 Å². The third-order valence-corrected chi connectivity index (χ3v) is 2.76. The molecule has 3 heteroatoms. The van der Waals surface area contributed by atoms with E-state index in [-0.39, 0.29) is 18.0 Å². The molecule has 2 aromatic rings. The first-order chi connectivity index (χ1) is 9.22. The molecule has 2 aromatic carbocycles. The fourth-order valence-electron chi connectivity index (χ4n) is 1.79. The molecule has 0 aliphatic carbocycles. The zero-order chi connectivity index (χ0) is 13.7. The SMILES string of the molecule is N#Cc1ccccc1C(=O)CC(=O)c1ccccc1. The minimum absolute atomic E-state index is 0.220. The Morgan fingerprint density at radius 3 is 2.21 bits per heavy atom. The van der Waals surface area contributed by atoms with Gasteiger partial charge in [-0.2, -0.15) is 5.26 Å². The van der Waals surface area contributed by atoms with E-state index in [0.29, 0.717) is 16.7 Å². The highest BCUT2D eigenvalue weighted by molar-refractivity contribution is 6.14. The van der Waals surface area contributed by atoms with E-state index in [0.717, 1.165) is 0 Å². The van der Waals surface area contributed by atoms with Gasteiger partial charge in [0.2, 0.25) is 0 Å². The average Bonchev–Trinajstić information content (AvgIpc) is 2.48. The van der Waals surface area contributed by atoms with Gasteiger partial charge >= 0.3 is 0 Å². The Morgan fingerprint density at radius 1 is 0.895 bits per heavy atom. The van der Waals surface area contributed by atoms with Crippen LogP contribution in [0.2, 0.25) is 0 Å². The monoisotopic (exact) mass is 249 g/mol. The zero-order valence-electron chi connectivity index (χ0n) is 10.2. The summed E-state index contributed by atoms with van der Waals surface area (Å²) in [5.41, 5.74) is 1.10. The van der Waals surface area contributed by atoms with Crippen LogP contribution in [0, 0.1) is 11.3 Å². The molecule has 0 aromatic heterocycles. The molecule has 0 amide bonds. The topological polar surface area (TPSA) is 57.9 Å². The van der Waals surface area contributed by atoms with Crippen LogP contribution in [0.3, 0.4) is 0 Å². The average molecular weight is 249 g/mol. The maximum absolute atomic E-state index is 12.0. The lowest BCUT2D eigenvalue weighted by Crippen LogP contribution is -2.09. The molecule has 0 saturated carbocycles. The van der Waals surface area contributed by atoms with Crippen molar-refractivity contribution in [1.82, 2.24) is 0 Å². The zero-order valence-corrected chi connectivity index (χ0v) is 10.2. The smallest absolute Gasteiger partial charge is 0.171 e. The van der Waals surface area contributed by atoms with Crippen LogP contribution in [-0.2, 0) is 0 Å². The number of carbonyl (C=O) groups is 2. The van der Waals surface area contributed by atoms with Gasteiger partial charge in [0.1, 0.15) is 0 Å². The lowest BCUT2D eigenvalue weighted by atomic mass is 9.98. The summed E-state index contributed by atoms with van der Waals surface area (Å²) in [4.78, 5) is 24.0. The van der Waals surface area contributed by atoms with Crippen LogP contribution in [0.1, 0.15) is 32.7 Å². The Bertz CT molecular complexity index is 654. The van der Waals surface area contributed by atoms with E-state index in [1.807, 2.05) is 12.1 Å². The third-order valence-electron chi connectivity index (χ3n) is 2.76. The molecule has 0 aliphatic heterocycles. The summed E-state index contributed by atoms with van der Waals surface area (Å²) in [5, 5.41) is 8.93. The first kappa shape index (κ1) is 12.7. The molecular formula is C16H11NO2. The maximum Gasteiger partial charge on any atom is 0.171 e. The van der Waals surface area contributed by atoms with Gasteiger partial charge in [-0.05, 0) is 6.07 Å². The molecule has 0 saturated heterocycles. The minimum Gasteiger partial charge on any atom is -0.294 e. The summed E-state index contributed by atoms with van der Waals surface area (Å²) in [7, 11) is 0. The van der Waals surface area contributed by atoms with Crippen LogP contribution >= 0.6 is 0 Å². The molecule has 3 nitrogen and oxygen atoms in total. The molecule has 0 atom stereocenters. The first-order valence-corrected chi connectivity index (χ1v) is 5.83. The fraction of sp³-hybridized carbons (Fsp3) is 0.0625. The molecule has 0 aliphatic rings. The Morgan fingerprint density at radius 2 is 1.53 bits per heavy atom. The molecule has 0 radical (unpaired) electrons. The molecular weight excluding hydrogens is 238 g/mol. The van der Waals surface area contributed by atoms with Crippen LogP contribution in [0.5, 0.6) is 0 Å². The van der Waals surface area contributed by atoms with Gasteiger partial charge in [-0.25, -0.2) is 0 Å². The number of nitrogens with zero attached hydrogens (tertiary/aromatic N) is 1. The third kappa shape index (κ3) is 2.93. The number of benzene rings is 2. The molecule has 19 heavy (non-hydrogen) atoms. The Labute approximate surface area is 111 Å². The predicted octanol–water partition coefficient (Wildman–Crippen LogP) is 3.01. The number of Topliss-reactive ketones (excluding diaryl/α,β-unsaturated/α-hetero) is 2. The summed E-state index contributed by atoms with van der Waals surface area (Å²) in [6.45, 7) is 0. The van der Waals surface area contributed by atoms with E-state index >= 15 is 0 Å². The lowest BCUT2D eigenvalue weighted by molar-refractivity contribution is 0.0894. The normalized spacial score (nSPS) is 9.63. The largest absolute Gasteiger partial charge is 0.294 e.